The van der Waals surface area contributed by atoms with Crippen LogP contribution in [0.5, 0.6) is 0 Å². The fourth-order valence-electron chi connectivity index (χ4n) is 3.97. The number of carbonyl (C=O) groups excluding carboxylic acids is 1. The Bertz CT molecular complexity index is 601. The molecule has 8 heteroatoms. The lowest BCUT2D eigenvalue weighted by Gasteiger charge is -2.33. The maximum absolute atomic E-state index is 12.2. The molecule has 0 bridgehead atoms. The molecule has 22 heavy (non-hydrogen) atoms. The van der Waals surface area contributed by atoms with Gasteiger partial charge in [-0.25, -0.2) is 13.2 Å². The van der Waals surface area contributed by atoms with Crippen molar-refractivity contribution in [1.29, 1.82) is 0 Å². The van der Waals surface area contributed by atoms with E-state index in [2.05, 4.69) is 0 Å². The molecule has 2 aliphatic heterocycles. The molecule has 0 aromatic rings. The summed E-state index contributed by atoms with van der Waals surface area (Å²) in [6.07, 6.45) is 1.07. The van der Waals surface area contributed by atoms with Crippen molar-refractivity contribution in [3.63, 3.8) is 0 Å². The van der Waals surface area contributed by atoms with Gasteiger partial charge in [0.2, 0.25) is 9.05 Å². The van der Waals surface area contributed by atoms with E-state index in [0.29, 0.717) is 26.1 Å². The standard InChI is InChI=1S/C14H22ClNO5S/c1-12(2,3)21-11(17)16-5-4-14(8-16)13(9-22(15,18)19)6-10(13)7-20-14/h10H,4-9H2,1-3H3. The van der Waals surface area contributed by atoms with Crippen molar-refractivity contribution in [3.8, 4) is 0 Å². The van der Waals surface area contributed by atoms with E-state index in [-0.39, 0.29) is 17.8 Å². The third-order valence-corrected chi connectivity index (χ3v) is 6.20. The number of amides is 1. The molecule has 3 atom stereocenters. The number of nitrogens with zero attached hydrogens (tertiary/aromatic N) is 1. The predicted octanol–water partition coefficient (Wildman–Crippen LogP) is 1.97. The van der Waals surface area contributed by atoms with Crippen LogP contribution < -0.4 is 0 Å². The van der Waals surface area contributed by atoms with Crippen molar-refractivity contribution in [2.24, 2.45) is 11.3 Å². The summed E-state index contributed by atoms with van der Waals surface area (Å²) in [4.78, 5) is 13.8. The molecule has 0 N–H and O–H groups in total. The van der Waals surface area contributed by atoms with Gasteiger partial charge in [-0.05, 0) is 39.5 Å². The van der Waals surface area contributed by atoms with E-state index in [1.54, 1.807) is 4.90 Å². The number of carbonyl (C=O) groups is 1. The molecule has 3 aliphatic rings. The van der Waals surface area contributed by atoms with Gasteiger partial charge in [0.1, 0.15) is 5.60 Å². The van der Waals surface area contributed by atoms with Gasteiger partial charge in [0.25, 0.3) is 0 Å². The Morgan fingerprint density at radius 3 is 2.68 bits per heavy atom. The third kappa shape index (κ3) is 2.71. The Labute approximate surface area is 135 Å². The normalized spacial score (nSPS) is 37.5. The molecule has 1 aliphatic carbocycles. The predicted molar refractivity (Wildman–Crippen MR) is 81.3 cm³/mol. The lowest BCUT2D eigenvalue weighted by molar-refractivity contribution is -0.0419. The molecule has 126 valence electrons. The largest absolute Gasteiger partial charge is 0.444 e. The first-order valence-corrected chi connectivity index (χ1v) is 9.99. The van der Waals surface area contributed by atoms with E-state index >= 15 is 0 Å². The van der Waals surface area contributed by atoms with Gasteiger partial charge in [-0.1, -0.05) is 0 Å². The van der Waals surface area contributed by atoms with Crippen molar-refractivity contribution >= 4 is 25.8 Å². The van der Waals surface area contributed by atoms with Crippen LogP contribution in [0, 0.1) is 11.3 Å². The van der Waals surface area contributed by atoms with E-state index in [9.17, 15) is 13.2 Å². The lowest BCUT2D eigenvalue weighted by Crippen LogP contribution is -2.46. The molecule has 1 saturated carbocycles. The highest BCUT2D eigenvalue weighted by molar-refractivity contribution is 8.13. The van der Waals surface area contributed by atoms with Crippen LogP contribution in [0.2, 0.25) is 0 Å². The number of rotatable bonds is 2. The molecule has 3 fully saturated rings. The lowest BCUT2D eigenvalue weighted by atomic mass is 9.84. The van der Waals surface area contributed by atoms with Gasteiger partial charge >= 0.3 is 6.09 Å². The van der Waals surface area contributed by atoms with Crippen LogP contribution in [-0.2, 0) is 18.5 Å². The molecular weight excluding hydrogens is 330 g/mol. The third-order valence-electron chi connectivity index (χ3n) is 5.01. The van der Waals surface area contributed by atoms with E-state index in [0.717, 1.165) is 6.42 Å². The highest BCUT2D eigenvalue weighted by Crippen LogP contribution is 2.68. The number of fused-ring (bicyclic) bond motifs is 2. The molecule has 1 amide bonds. The molecule has 1 spiro atoms. The second kappa shape index (κ2) is 4.74. The van der Waals surface area contributed by atoms with Gasteiger partial charge in [0.05, 0.1) is 24.5 Å². The number of ether oxygens (including phenoxy) is 2. The van der Waals surface area contributed by atoms with Gasteiger partial charge < -0.3 is 14.4 Å². The van der Waals surface area contributed by atoms with Gasteiger partial charge in [0.15, 0.2) is 0 Å². The van der Waals surface area contributed by atoms with Crippen LogP contribution >= 0.6 is 10.7 Å². The summed E-state index contributed by atoms with van der Waals surface area (Å²) in [6, 6.07) is 0. The quantitative estimate of drug-likeness (QED) is 0.711. The second-order valence-corrected chi connectivity index (χ2v) is 10.5. The maximum Gasteiger partial charge on any atom is 0.410 e. The highest BCUT2D eigenvalue weighted by atomic mass is 35.7. The first kappa shape index (κ1) is 16.3. The van der Waals surface area contributed by atoms with Gasteiger partial charge in [0, 0.05) is 22.6 Å². The topological polar surface area (TPSA) is 72.9 Å². The van der Waals surface area contributed by atoms with E-state index in [1.807, 2.05) is 20.8 Å². The van der Waals surface area contributed by atoms with Crippen LogP contribution in [0.25, 0.3) is 0 Å². The van der Waals surface area contributed by atoms with Crippen LogP contribution in [0.15, 0.2) is 0 Å². The van der Waals surface area contributed by atoms with Gasteiger partial charge in [-0.3, -0.25) is 0 Å². The molecular formula is C14H22ClNO5S. The van der Waals surface area contributed by atoms with E-state index in [1.165, 1.54) is 0 Å². The Balaban J connectivity index is 1.75. The first-order chi connectivity index (χ1) is 9.97. The summed E-state index contributed by atoms with van der Waals surface area (Å²) in [5.74, 6) is 0.161. The minimum Gasteiger partial charge on any atom is -0.444 e. The summed E-state index contributed by atoms with van der Waals surface area (Å²) in [5.41, 5.74) is -1.57. The summed E-state index contributed by atoms with van der Waals surface area (Å²) in [5, 5.41) is 0. The molecule has 3 unspecified atom stereocenters. The smallest absolute Gasteiger partial charge is 0.410 e. The first-order valence-electron chi connectivity index (χ1n) is 7.51. The van der Waals surface area contributed by atoms with Crippen molar-refractivity contribution in [2.75, 3.05) is 25.4 Å². The van der Waals surface area contributed by atoms with Crippen molar-refractivity contribution < 1.29 is 22.7 Å². The average Bonchev–Trinajstić information content (AvgIpc) is 2.75. The zero-order valence-corrected chi connectivity index (χ0v) is 14.7. The van der Waals surface area contributed by atoms with E-state index < -0.39 is 25.7 Å². The molecule has 2 heterocycles. The fraction of sp³-hybridized carbons (Fsp3) is 0.929. The van der Waals surface area contributed by atoms with Crippen molar-refractivity contribution in [1.82, 2.24) is 4.90 Å². The molecule has 3 rings (SSSR count). The van der Waals surface area contributed by atoms with E-state index in [4.69, 9.17) is 20.2 Å². The van der Waals surface area contributed by atoms with Crippen molar-refractivity contribution in [3.05, 3.63) is 0 Å². The number of hydrogen-bond donors (Lipinski definition) is 0. The fourth-order valence-corrected chi connectivity index (χ4v) is 5.78. The summed E-state index contributed by atoms with van der Waals surface area (Å²) < 4.78 is 34.5. The average molecular weight is 352 g/mol. The summed E-state index contributed by atoms with van der Waals surface area (Å²) in [6.45, 7) is 6.91. The van der Waals surface area contributed by atoms with Gasteiger partial charge in [-0.15, -0.1) is 0 Å². The second-order valence-electron chi connectivity index (χ2n) is 7.70. The molecule has 0 radical (unpaired) electrons. The zero-order valence-electron chi connectivity index (χ0n) is 13.1. The molecule has 2 saturated heterocycles. The Hall–Kier alpha value is -0.530. The minimum absolute atomic E-state index is 0.0750. The molecule has 6 nitrogen and oxygen atoms in total. The summed E-state index contributed by atoms with van der Waals surface area (Å²) in [7, 11) is 1.89. The summed E-state index contributed by atoms with van der Waals surface area (Å²) >= 11 is 0. The van der Waals surface area contributed by atoms with Crippen molar-refractivity contribution in [2.45, 2.75) is 44.8 Å². The molecule has 0 aromatic heterocycles. The number of hydrogen-bond acceptors (Lipinski definition) is 5. The zero-order chi connectivity index (χ0) is 16.4. The Morgan fingerprint density at radius 1 is 1.45 bits per heavy atom. The number of likely N-dealkylation sites (tertiary alicyclic amines) is 1. The van der Waals surface area contributed by atoms with Crippen LogP contribution in [0.3, 0.4) is 0 Å². The Morgan fingerprint density at radius 2 is 2.14 bits per heavy atom. The molecule has 0 aromatic carbocycles. The minimum atomic E-state index is -3.60. The SMILES string of the molecule is CC(C)(C)OC(=O)N1CCC2(C1)OCC1CC12CS(=O)(=O)Cl. The maximum atomic E-state index is 12.2. The van der Waals surface area contributed by atoms with Gasteiger partial charge in [-0.2, -0.15) is 0 Å². The van der Waals surface area contributed by atoms with Crippen LogP contribution in [-0.4, -0.2) is 56.1 Å². The highest BCUT2D eigenvalue weighted by Gasteiger charge is 2.74. The number of halogens is 1. The monoisotopic (exact) mass is 351 g/mol. The van der Waals surface area contributed by atoms with Crippen LogP contribution in [0.1, 0.15) is 33.6 Å². The van der Waals surface area contributed by atoms with Crippen LogP contribution in [0.4, 0.5) is 4.79 Å². The Kier molecular flexibility index (Phi) is 3.52.